The lowest BCUT2D eigenvalue weighted by molar-refractivity contribution is 0.552. The number of rotatable bonds is 5. The fraction of sp³-hybridized carbons (Fsp3) is 0.150. The van der Waals surface area contributed by atoms with Crippen LogP contribution in [-0.4, -0.2) is 24.8 Å². The maximum Gasteiger partial charge on any atom is 0.0909 e. The van der Waals surface area contributed by atoms with Gasteiger partial charge in [-0.05, 0) is 31.2 Å². The third-order valence-electron chi connectivity index (χ3n) is 3.85. The summed E-state index contributed by atoms with van der Waals surface area (Å²) in [5.74, 6) is 0. The summed E-state index contributed by atoms with van der Waals surface area (Å²) >= 11 is 0. The Morgan fingerprint density at radius 2 is 1.61 bits per heavy atom. The molecule has 0 amide bonds. The van der Waals surface area contributed by atoms with E-state index in [1.807, 2.05) is 31.6 Å². The molecule has 0 saturated carbocycles. The number of anilines is 2. The lowest BCUT2D eigenvalue weighted by Gasteiger charge is -2.12. The Bertz CT molecular complexity index is 809. The quantitative estimate of drug-likeness (QED) is 0.518. The predicted molar refractivity (Wildman–Crippen MR) is 100 cm³/mol. The van der Waals surface area contributed by atoms with Crippen LogP contribution in [0.4, 0.5) is 17.1 Å². The van der Waals surface area contributed by atoms with Gasteiger partial charge in [-0.2, -0.15) is 0 Å². The number of hydrogen-bond donors (Lipinski definition) is 1. The molecule has 3 rings (SSSR count). The van der Waals surface area contributed by atoms with Crippen LogP contribution in [0.15, 0.2) is 71.7 Å². The van der Waals surface area contributed by atoms with Crippen molar-refractivity contribution in [1.82, 2.24) is 4.90 Å². The van der Waals surface area contributed by atoms with Gasteiger partial charge >= 0.3 is 0 Å². The molecular weight excluding hydrogens is 282 g/mol. The van der Waals surface area contributed by atoms with Crippen molar-refractivity contribution in [2.45, 2.75) is 6.92 Å². The van der Waals surface area contributed by atoms with Crippen molar-refractivity contribution in [3.63, 3.8) is 0 Å². The first-order valence-electron chi connectivity index (χ1n) is 7.86. The van der Waals surface area contributed by atoms with Crippen molar-refractivity contribution in [3.8, 4) is 0 Å². The molecule has 0 fully saturated rings. The fourth-order valence-corrected chi connectivity index (χ4v) is 2.42. The van der Waals surface area contributed by atoms with Crippen molar-refractivity contribution in [3.05, 3.63) is 66.7 Å². The molecule has 116 valence electrons. The normalized spacial score (nSPS) is 11.0. The Hall–Kier alpha value is -2.81. The Balaban J connectivity index is 2.00. The summed E-state index contributed by atoms with van der Waals surface area (Å²) in [7, 11) is 2.02. The van der Waals surface area contributed by atoms with Crippen LogP contribution >= 0.6 is 0 Å². The summed E-state index contributed by atoms with van der Waals surface area (Å²) in [5, 5.41) is 5.81. The zero-order valence-corrected chi connectivity index (χ0v) is 13.5. The molecule has 0 unspecified atom stereocenters. The molecule has 0 radical (unpaired) electrons. The van der Waals surface area contributed by atoms with Crippen molar-refractivity contribution in [2.24, 2.45) is 4.99 Å². The maximum absolute atomic E-state index is 4.63. The minimum absolute atomic E-state index is 0.940. The molecule has 1 N–H and O–H groups in total. The van der Waals surface area contributed by atoms with Gasteiger partial charge in [-0.1, -0.05) is 42.5 Å². The van der Waals surface area contributed by atoms with Crippen molar-refractivity contribution in [2.75, 3.05) is 18.9 Å². The van der Waals surface area contributed by atoms with Crippen LogP contribution in [0.2, 0.25) is 0 Å². The third-order valence-corrected chi connectivity index (χ3v) is 3.85. The van der Waals surface area contributed by atoms with Crippen LogP contribution in [0.5, 0.6) is 0 Å². The van der Waals surface area contributed by atoms with Gasteiger partial charge in [-0.25, -0.2) is 4.99 Å². The Morgan fingerprint density at radius 3 is 2.35 bits per heavy atom. The van der Waals surface area contributed by atoms with E-state index in [1.54, 1.807) is 0 Å². The van der Waals surface area contributed by atoms with E-state index in [0.29, 0.717) is 0 Å². The second-order valence-corrected chi connectivity index (χ2v) is 5.49. The number of nitrogens with zero attached hydrogens (tertiary/aromatic N) is 2. The van der Waals surface area contributed by atoms with E-state index in [9.17, 15) is 0 Å². The molecule has 0 spiro atoms. The van der Waals surface area contributed by atoms with E-state index < -0.39 is 0 Å². The van der Waals surface area contributed by atoms with Crippen molar-refractivity contribution < 1.29 is 0 Å². The van der Waals surface area contributed by atoms with E-state index in [1.165, 1.54) is 5.39 Å². The Labute approximate surface area is 137 Å². The largest absolute Gasteiger partial charge is 0.366 e. The number of hydrogen-bond acceptors (Lipinski definition) is 2. The zero-order chi connectivity index (χ0) is 16.1. The lowest BCUT2D eigenvalue weighted by atomic mass is 10.1. The van der Waals surface area contributed by atoms with Crippen LogP contribution in [0, 0.1) is 0 Å². The van der Waals surface area contributed by atoms with Gasteiger partial charge in [0, 0.05) is 35.7 Å². The molecular formula is C20H21N3. The molecule has 0 aromatic heterocycles. The first-order valence-corrected chi connectivity index (χ1v) is 7.86. The first kappa shape index (κ1) is 15.1. The standard InChI is InChI=1S/C20H21N3/c1-3-23(2)15-21-19-13-14-20(18-12-8-7-11-17(18)19)22-16-9-5-4-6-10-16/h4-15,22H,3H2,1-2H3. The van der Waals surface area contributed by atoms with Crippen molar-refractivity contribution >= 4 is 34.2 Å². The highest BCUT2D eigenvalue weighted by Crippen LogP contribution is 2.33. The average Bonchev–Trinajstić information content (AvgIpc) is 2.61. The third kappa shape index (κ3) is 3.51. The van der Waals surface area contributed by atoms with Crippen LogP contribution in [0.1, 0.15) is 6.92 Å². The highest BCUT2D eigenvalue weighted by atomic mass is 15.1. The highest BCUT2D eigenvalue weighted by Gasteiger charge is 2.05. The van der Waals surface area contributed by atoms with Crippen LogP contribution < -0.4 is 5.32 Å². The molecule has 0 heterocycles. The molecule has 0 saturated heterocycles. The molecule has 3 aromatic rings. The van der Waals surface area contributed by atoms with Crippen LogP contribution in [0.25, 0.3) is 10.8 Å². The van der Waals surface area contributed by atoms with Crippen molar-refractivity contribution in [1.29, 1.82) is 0 Å². The minimum Gasteiger partial charge on any atom is -0.366 e. The average molecular weight is 303 g/mol. The van der Waals surface area contributed by atoms with Gasteiger partial charge in [0.05, 0.1) is 12.0 Å². The predicted octanol–water partition coefficient (Wildman–Crippen LogP) is 5.19. The molecule has 0 aliphatic rings. The van der Waals surface area contributed by atoms with E-state index in [4.69, 9.17) is 0 Å². The summed E-state index contributed by atoms with van der Waals surface area (Å²) in [6.45, 7) is 3.05. The first-order chi connectivity index (χ1) is 11.3. The molecule has 0 aliphatic heterocycles. The molecule has 0 atom stereocenters. The van der Waals surface area contributed by atoms with E-state index in [-0.39, 0.29) is 0 Å². The smallest absolute Gasteiger partial charge is 0.0909 e. The Morgan fingerprint density at radius 1 is 0.913 bits per heavy atom. The zero-order valence-electron chi connectivity index (χ0n) is 13.5. The molecule has 23 heavy (non-hydrogen) atoms. The topological polar surface area (TPSA) is 27.6 Å². The Kier molecular flexibility index (Phi) is 4.57. The molecule has 3 heteroatoms. The SMILES string of the molecule is CCN(C)C=Nc1ccc(Nc2ccccc2)c2ccccc12. The highest BCUT2D eigenvalue weighted by molar-refractivity contribution is 6.02. The van der Waals surface area contributed by atoms with E-state index in [2.05, 4.69) is 70.7 Å². The molecule has 0 aliphatic carbocycles. The number of fused-ring (bicyclic) bond motifs is 1. The van der Waals surface area contributed by atoms with Gasteiger partial charge in [0.1, 0.15) is 0 Å². The number of benzene rings is 3. The second-order valence-electron chi connectivity index (χ2n) is 5.49. The maximum atomic E-state index is 4.63. The summed E-state index contributed by atoms with van der Waals surface area (Å²) in [6, 6.07) is 22.7. The van der Waals surface area contributed by atoms with Gasteiger partial charge in [0.2, 0.25) is 0 Å². The summed E-state index contributed by atoms with van der Waals surface area (Å²) < 4.78 is 0. The van der Waals surface area contributed by atoms with Gasteiger partial charge in [-0.15, -0.1) is 0 Å². The summed E-state index contributed by atoms with van der Waals surface area (Å²) in [5.41, 5.74) is 3.16. The second kappa shape index (κ2) is 6.97. The van der Waals surface area contributed by atoms with Gasteiger partial charge in [0.25, 0.3) is 0 Å². The fourth-order valence-electron chi connectivity index (χ4n) is 2.42. The van der Waals surface area contributed by atoms with Crippen LogP contribution in [0.3, 0.4) is 0 Å². The molecule has 0 bridgehead atoms. The summed E-state index contributed by atoms with van der Waals surface area (Å²) in [4.78, 5) is 6.69. The number of nitrogens with one attached hydrogen (secondary N) is 1. The number of aliphatic imine (C=N–C) groups is 1. The van der Waals surface area contributed by atoms with Gasteiger partial charge < -0.3 is 10.2 Å². The lowest BCUT2D eigenvalue weighted by Crippen LogP contribution is -2.14. The number of para-hydroxylation sites is 1. The van der Waals surface area contributed by atoms with Gasteiger partial charge in [-0.3, -0.25) is 0 Å². The molecule has 3 nitrogen and oxygen atoms in total. The van der Waals surface area contributed by atoms with Gasteiger partial charge in [0.15, 0.2) is 0 Å². The monoisotopic (exact) mass is 303 g/mol. The summed E-state index contributed by atoms with van der Waals surface area (Å²) in [6.07, 6.45) is 1.88. The van der Waals surface area contributed by atoms with E-state index in [0.717, 1.165) is 29.0 Å². The molecule has 3 aromatic carbocycles. The van der Waals surface area contributed by atoms with E-state index >= 15 is 0 Å². The van der Waals surface area contributed by atoms with Crippen LogP contribution in [-0.2, 0) is 0 Å². The minimum atomic E-state index is 0.940.